The van der Waals surface area contributed by atoms with E-state index in [2.05, 4.69) is 11.2 Å². The minimum Gasteiger partial charge on any atom is -0.355 e. The lowest BCUT2D eigenvalue weighted by Gasteiger charge is -1.98. The lowest BCUT2D eigenvalue weighted by molar-refractivity contribution is 0.440. The van der Waals surface area contributed by atoms with Gasteiger partial charge in [0.05, 0.1) is 17.9 Å². The van der Waals surface area contributed by atoms with E-state index in [9.17, 15) is 0 Å². The van der Waals surface area contributed by atoms with Crippen molar-refractivity contribution in [2.45, 2.75) is 6.42 Å². The molecule has 0 spiro atoms. The first-order valence-electron chi connectivity index (χ1n) is 5.80. The zero-order valence-electron chi connectivity index (χ0n) is 9.93. The predicted octanol–water partition coefficient (Wildman–Crippen LogP) is 4.21. The van der Waals surface area contributed by atoms with E-state index in [0.717, 1.165) is 22.0 Å². The highest BCUT2D eigenvalue weighted by Crippen LogP contribution is 2.31. The molecule has 0 radical (unpaired) electrons. The lowest BCUT2D eigenvalue weighted by atomic mass is 10.0. The zero-order valence-corrected chi connectivity index (χ0v) is 10.7. The van der Waals surface area contributed by atoms with Crippen LogP contribution in [0, 0.1) is 11.3 Å². The molecule has 19 heavy (non-hydrogen) atoms. The summed E-state index contributed by atoms with van der Waals surface area (Å²) in [5, 5.41) is 14.5. The quantitative estimate of drug-likeness (QED) is 0.699. The average molecular weight is 269 g/mol. The van der Waals surface area contributed by atoms with Crippen LogP contribution in [-0.4, -0.2) is 5.16 Å². The first-order chi connectivity index (χ1) is 9.29. The van der Waals surface area contributed by atoms with Crippen LogP contribution in [0.5, 0.6) is 0 Å². The highest BCUT2D eigenvalue weighted by molar-refractivity contribution is 6.30. The van der Waals surface area contributed by atoms with Crippen molar-refractivity contribution in [2.24, 2.45) is 0 Å². The van der Waals surface area contributed by atoms with Crippen molar-refractivity contribution in [3.63, 3.8) is 0 Å². The Morgan fingerprint density at radius 3 is 2.68 bits per heavy atom. The Morgan fingerprint density at radius 1 is 1.16 bits per heavy atom. The summed E-state index contributed by atoms with van der Waals surface area (Å²) in [5.74, 6) is 0.700. The first-order valence-corrected chi connectivity index (χ1v) is 6.17. The van der Waals surface area contributed by atoms with E-state index in [1.807, 2.05) is 42.5 Å². The van der Waals surface area contributed by atoms with Crippen molar-refractivity contribution in [1.29, 1.82) is 5.26 Å². The predicted molar refractivity (Wildman–Crippen MR) is 73.8 cm³/mol. The second kappa shape index (κ2) is 4.75. The minimum absolute atomic E-state index is 0.323. The van der Waals surface area contributed by atoms with Gasteiger partial charge in [-0.05, 0) is 35.9 Å². The molecule has 0 fully saturated rings. The molecule has 3 aromatic rings. The molecule has 3 nitrogen and oxygen atoms in total. The topological polar surface area (TPSA) is 49.8 Å². The number of fused-ring (bicyclic) bond motifs is 1. The molecule has 0 N–H and O–H groups in total. The van der Waals surface area contributed by atoms with E-state index >= 15 is 0 Å². The molecule has 0 aliphatic heterocycles. The van der Waals surface area contributed by atoms with Gasteiger partial charge in [-0.15, -0.1) is 0 Å². The number of hydrogen-bond donors (Lipinski definition) is 0. The third-order valence-corrected chi connectivity index (χ3v) is 3.22. The number of benzene rings is 2. The molecule has 0 aliphatic rings. The van der Waals surface area contributed by atoms with Gasteiger partial charge >= 0.3 is 0 Å². The lowest BCUT2D eigenvalue weighted by Crippen LogP contribution is -1.83. The Morgan fingerprint density at radius 2 is 1.95 bits per heavy atom. The monoisotopic (exact) mass is 268 g/mol. The summed E-state index contributed by atoms with van der Waals surface area (Å²) in [5.41, 5.74) is 2.54. The summed E-state index contributed by atoms with van der Waals surface area (Å²) in [7, 11) is 0. The first kappa shape index (κ1) is 11.8. The number of nitriles is 1. The smallest absolute Gasteiger partial charge is 0.174 e. The molecule has 0 aliphatic carbocycles. The molecule has 1 aromatic heterocycles. The Bertz CT molecular complexity index is 769. The minimum atomic E-state index is 0.323. The van der Waals surface area contributed by atoms with Crippen LogP contribution >= 0.6 is 11.6 Å². The third kappa shape index (κ3) is 2.07. The van der Waals surface area contributed by atoms with Crippen LogP contribution in [0.25, 0.3) is 22.2 Å². The maximum atomic E-state index is 8.81. The average Bonchev–Trinajstić information content (AvgIpc) is 2.85. The molecule has 0 saturated carbocycles. The van der Waals surface area contributed by atoms with Gasteiger partial charge in [0.2, 0.25) is 0 Å². The maximum absolute atomic E-state index is 8.81. The molecule has 92 valence electrons. The molecule has 1 heterocycles. The largest absolute Gasteiger partial charge is 0.355 e. The molecule has 4 heteroatoms. The maximum Gasteiger partial charge on any atom is 0.174 e. The van der Waals surface area contributed by atoms with Crippen molar-refractivity contribution in [1.82, 2.24) is 5.16 Å². The van der Waals surface area contributed by atoms with E-state index in [1.54, 1.807) is 0 Å². The summed E-state index contributed by atoms with van der Waals surface area (Å²) in [6, 6.07) is 15.3. The molecular formula is C15H9ClN2O. The fourth-order valence-electron chi connectivity index (χ4n) is 2.06. The summed E-state index contributed by atoms with van der Waals surface area (Å²) in [6.07, 6.45) is 0.323. The van der Waals surface area contributed by atoms with Gasteiger partial charge in [0, 0.05) is 10.6 Å². The number of halogens is 1. The zero-order chi connectivity index (χ0) is 13.2. The van der Waals surface area contributed by atoms with Crippen LogP contribution in [-0.2, 0) is 6.42 Å². The second-order valence-electron chi connectivity index (χ2n) is 4.17. The van der Waals surface area contributed by atoms with Crippen molar-refractivity contribution in [3.05, 3.63) is 53.1 Å². The van der Waals surface area contributed by atoms with Gasteiger partial charge in [-0.25, -0.2) is 0 Å². The molecule has 0 atom stereocenters. The van der Waals surface area contributed by atoms with Gasteiger partial charge in [-0.3, -0.25) is 0 Å². The fraction of sp³-hybridized carbons (Fsp3) is 0.0667. The van der Waals surface area contributed by atoms with Gasteiger partial charge in [-0.1, -0.05) is 28.9 Å². The second-order valence-corrected chi connectivity index (χ2v) is 4.60. The van der Waals surface area contributed by atoms with E-state index in [0.29, 0.717) is 17.2 Å². The molecule has 0 saturated heterocycles. The molecule has 0 bridgehead atoms. The van der Waals surface area contributed by atoms with Gasteiger partial charge < -0.3 is 4.52 Å². The van der Waals surface area contributed by atoms with E-state index < -0.39 is 0 Å². The van der Waals surface area contributed by atoms with E-state index in [-0.39, 0.29) is 0 Å². The van der Waals surface area contributed by atoms with E-state index in [1.165, 1.54) is 0 Å². The van der Waals surface area contributed by atoms with Gasteiger partial charge in [0.25, 0.3) is 0 Å². The van der Waals surface area contributed by atoms with Crippen molar-refractivity contribution >= 4 is 22.5 Å². The van der Waals surface area contributed by atoms with Gasteiger partial charge in [0.1, 0.15) is 5.52 Å². The Balaban J connectivity index is 2.18. The summed E-state index contributed by atoms with van der Waals surface area (Å²) >= 11 is 5.88. The highest BCUT2D eigenvalue weighted by atomic mass is 35.5. The number of aromatic nitrogens is 1. The normalized spacial score (nSPS) is 10.5. The molecule has 0 unspecified atom stereocenters. The number of nitrogens with zero attached hydrogens (tertiary/aromatic N) is 2. The molecule has 2 aromatic carbocycles. The van der Waals surface area contributed by atoms with Crippen LogP contribution < -0.4 is 0 Å². The Hall–Kier alpha value is -2.31. The SMILES string of the molecule is N#CCc1cccc2c(-c3ccc(Cl)cc3)onc12. The summed E-state index contributed by atoms with van der Waals surface area (Å²) < 4.78 is 5.43. The van der Waals surface area contributed by atoms with Crippen molar-refractivity contribution in [3.8, 4) is 17.4 Å². The van der Waals surface area contributed by atoms with Crippen molar-refractivity contribution in [2.75, 3.05) is 0 Å². The molecular weight excluding hydrogens is 260 g/mol. The third-order valence-electron chi connectivity index (χ3n) is 2.97. The van der Waals surface area contributed by atoms with Gasteiger partial charge in [-0.2, -0.15) is 5.26 Å². The summed E-state index contributed by atoms with van der Waals surface area (Å²) in [6.45, 7) is 0. The Kier molecular flexibility index (Phi) is 2.94. The van der Waals surface area contributed by atoms with Crippen LogP contribution in [0.4, 0.5) is 0 Å². The fourth-order valence-corrected chi connectivity index (χ4v) is 2.19. The van der Waals surface area contributed by atoms with Crippen molar-refractivity contribution < 1.29 is 4.52 Å². The number of rotatable bonds is 2. The number of hydrogen-bond acceptors (Lipinski definition) is 3. The highest BCUT2D eigenvalue weighted by Gasteiger charge is 2.13. The van der Waals surface area contributed by atoms with Crippen LogP contribution in [0.3, 0.4) is 0 Å². The Labute approximate surface area is 115 Å². The van der Waals surface area contributed by atoms with Gasteiger partial charge in [0.15, 0.2) is 5.76 Å². The summed E-state index contributed by atoms with van der Waals surface area (Å²) in [4.78, 5) is 0. The standard InChI is InChI=1S/C15H9ClN2O/c16-12-6-4-11(5-7-12)15-13-3-1-2-10(8-9-17)14(13)18-19-15/h1-7H,8H2. The van der Waals surface area contributed by atoms with Crippen LogP contribution in [0.2, 0.25) is 5.02 Å². The molecule has 3 rings (SSSR count). The van der Waals surface area contributed by atoms with Crippen LogP contribution in [0.15, 0.2) is 47.0 Å². The molecule has 0 amide bonds. The van der Waals surface area contributed by atoms with Crippen LogP contribution in [0.1, 0.15) is 5.56 Å². The van der Waals surface area contributed by atoms with E-state index in [4.69, 9.17) is 21.4 Å².